The van der Waals surface area contributed by atoms with E-state index in [1.807, 2.05) is 30.3 Å². The molecule has 1 aromatic heterocycles. The predicted molar refractivity (Wildman–Crippen MR) is 75.6 cm³/mol. The summed E-state index contributed by atoms with van der Waals surface area (Å²) < 4.78 is 11.0. The van der Waals surface area contributed by atoms with E-state index in [9.17, 15) is 0 Å². The van der Waals surface area contributed by atoms with E-state index in [1.165, 1.54) is 0 Å². The lowest BCUT2D eigenvalue weighted by atomic mass is 10.3. The first-order chi connectivity index (χ1) is 9.88. The molecule has 0 aliphatic rings. The van der Waals surface area contributed by atoms with Gasteiger partial charge in [-0.1, -0.05) is 30.0 Å². The number of benzene rings is 1. The molecule has 20 heavy (non-hydrogen) atoms. The number of aromatic nitrogens is 1. The molecule has 0 saturated carbocycles. The van der Waals surface area contributed by atoms with Crippen LogP contribution in [0.2, 0.25) is 0 Å². The van der Waals surface area contributed by atoms with Crippen molar-refractivity contribution in [2.24, 2.45) is 0 Å². The van der Waals surface area contributed by atoms with Crippen molar-refractivity contribution in [1.82, 2.24) is 4.98 Å². The SMILES string of the molecule is OCC#Cc1cncc(OCCOc2ccccc2)c1. The topological polar surface area (TPSA) is 51.6 Å². The number of hydrogen-bond donors (Lipinski definition) is 1. The second-order valence-electron chi connectivity index (χ2n) is 3.88. The standard InChI is InChI=1S/C16H15NO3/c18-8-4-5-14-11-16(13-17-12-14)20-10-9-19-15-6-2-1-3-7-15/h1-3,6-7,11-13,18H,8-10H2. The number of ether oxygens (including phenoxy) is 2. The summed E-state index contributed by atoms with van der Waals surface area (Å²) in [6, 6.07) is 11.3. The van der Waals surface area contributed by atoms with Crippen molar-refractivity contribution in [3.05, 3.63) is 54.4 Å². The Morgan fingerprint density at radius 3 is 2.50 bits per heavy atom. The maximum absolute atomic E-state index is 8.64. The Balaban J connectivity index is 1.79. The van der Waals surface area contributed by atoms with E-state index in [0.29, 0.717) is 24.5 Å². The van der Waals surface area contributed by atoms with Gasteiger partial charge in [-0.2, -0.15) is 0 Å². The van der Waals surface area contributed by atoms with Crippen LogP contribution in [0.5, 0.6) is 11.5 Å². The largest absolute Gasteiger partial charge is 0.490 e. The van der Waals surface area contributed by atoms with Crippen LogP contribution in [0.1, 0.15) is 5.56 Å². The Labute approximate surface area is 118 Å². The smallest absolute Gasteiger partial charge is 0.139 e. The van der Waals surface area contributed by atoms with E-state index < -0.39 is 0 Å². The molecule has 1 N–H and O–H groups in total. The van der Waals surface area contributed by atoms with Crippen LogP contribution < -0.4 is 9.47 Å². The highest BCUT2D eigenvalue weighted by atomic mass is 16.5. The van der Waals surface area contributed by atoms with Gasteiger partial charge in [-0.25, -0.2) is 0 Å². The summed E-state index contributed by atoms with van der Waals surface area (Å²) in [5.74, 6) is 6.79. The maximum atomic E-state index is 8.64. The zero-order chi connectivity index (χ0) is 14.0. The van der Waals surface area contributed by atoms with Crippen molar-refractivity contribution >= 4 is 0 Å². The first-order valence-corrected chi connectivity index (χ1v) is 6.24. The first-order valence-electron chi connectivity index (χ1n) is 6.24. The second-order valence-corrected chi connectivity index (χ2v) is 3.88. The molecule has 0 aliphatic heterocycles. The molecule has 1 aromatic carbocycles. The monoisotopic (exact) mass is 269 g/mol. The van der Waals surface area contributed by atoms with E-state index in [1.54, 1.807) is 18.5 Å². The molecule has 4 nitrogen and oxygen atoms in total. The number of aliphatic hydroxyl groups excluding tert-OH is 1. The number of aliphatic hydroxyl groups is 1. The molecule has 0 bridgehead atoms. The van der Waals surface area contributed by atoms with E-state index >= 15 is 0 Å². The zero-order valence-corrected chi connectivity index (χ0v) is 11.0. The Morgan fingerprint density at radius 2 is 1.75 bits per heavy atom. The van der Waals surface area contributed by atoms with Crippen molar-refractivity contribution in [1.29, 1.82) is 0 Å². The minimum absolute atomic E-state index is 0.171. The average Bonchev–Trinajstić information content (AvgIpc) is 2.51. The average molecular weight is 269 g/mol. The number of hydrogen-bond acceptors (Lipinski definition) is 4. The quantitative estimate of drug-likeness (QED) is 0.665. The van der Waals surface area contributed by atoms with Gasteiger partial charge in [0.05, 0.1) is 6.20 Å². The second kappa shape index (κ2) is 7.82. The molecule has 0 atom stereocenters. The summed E-state index contributed by atoms with van der Waals surface area (Å²) in [6.07, 6.45) is 3.24. The lowest BCUT2D eigenvalue weighted by Gasteiger charge is -2.08. The van der Waals surface area contributed by atoms with Crippen molar-refractivity contribution in [3.8, 4) is 23.3 Å². The van der Waals surface area contributed by atoms with Gasteiger partial charge < -0.3 is 14.6 Å². The summed E-state index contributed by atoms with van der Waals surface area (Å²) >= 11 is 0. The van der Waals surface area contributed by atoms with Crippen LogP contribution in [0.25, 0.3) is 0 Å². The number of nitrogens with zero attached hydrogens (tertiary/aromatic N) is 1. The van der Waals surface area contributed by atoms with Crippen LogP contribution in [-0.4, -0.2) is 29.9 Å². The molecule has 102 valence electrons. The summed E-state index contributed by atoms with van der Waals surface area (Å²) in [4.78, 5) is 4.02. The number of para-hydroxylation sites is 1. The summed E-state index contributed by atoms with van der Waals surface area (Å²) in [6.45, 7) is 0.708. The van der Waals surface area contributed by atoms with Crippen LogP contribution in [0, 0.1) is 11.8 Å². The Bertz CT molecular complexity index is 587. The highest BCUT2D eigenvalue weighted by Crippen LogP contribution is 2.11. The van der Waals surface area contributed by atoms with Gasteiger partial charge in [0.25, 0.3) is 0 Å². The Morgan fingerprint density at radius 1 is 1.00 bits per heavy atom. The van der Waals surface area contributed by atoms with Gasteiger partial charge in [0.2, 0.25) is 0 Å². The highest BCUT2D eigenvalue weighted by Gasteiger charge is 1.97. The van der Waals surface area contributed by atoms with Crippen LogP contribution in [0.3, 0.4) is 0 Å². The molecule has 0 radical (unpaired) electrons. The summed E-state index contributed by atoms with van der Waals surface area (Å²) in [7, 11) is 0. The molecule has 0 spiro atoms. The molecule has 0 unspecified atom stereocenters. The van der Waals surface area contributed by atoms with Gasteiger partial charge in [0, 0.05) is 11.8 Å². The third kappa shape index (κ3) is 4.63. The van der Waals surface area contributed by atoms with E-state index in [-0.39, 0.29) is 6.61 Å². The van der Waals surface area contributed by atoms with E-state index in [4.69, 9.17) is 14.6 Å². The molecule has 4 heteroatoms. The van der Waals surface area contributed by atoms with Gasteiger partial charge in [-0.3, -0.25) is 4.98 Å². The molecule has 0 amide bonds. The van der Waals surface area contributed by atoms with Crippen LogP contribution in [0.15, 0.2) is 48.8 Å². The van der Waals surface area contributed by atoms with E-state index in [2.05, 4.69) is 16.8 Å². The molecule has 2 aromatic rings. The van der Waals surface area contributed by atoms with Gasteiger partial charge in [0.15, 0.2) is 0 Å². The fourth-order valence-corrected chi connectivity index (χ4v) is 1.54. The third-order valence-corrected chi connectivity index (χ3v) is 2.39. The van der Waals surface area contributed by atoms with Gasteiger partial charge in [-0.15, -0.1) is 0 Å². The fourth-order valence-electron chi connectivity index (χ4n) is 1.54. The molecule has 0 fully saturated rings. The van der Waals surface area contributed by atoms with Gasteiger partial charge in [-0.05, 0) is 18.2 Å². The number of rotatable bonds is 5. The zero-order valence-electron chi connectivity index (χ0n) is 11.0. The molecule has 0 aliphatic carbocycles. The normalized spacial score (nSPS) is 9.45. The molecule has 2 rings (SSSR count). The first kappa shape index (κ1) is 13.9. The summed E-state index contributed by atoms with van der Waals surface area (Å²) in [5.41, 5.74) is 0.709. The van der Waals surface area contributed by atoms with E-state index in [0.717, 1.165) is 5.75 Å². The predicted octanol–water partition coefficient (Wildman–Crippen LogP) is 1.88. The number of pyridine rings is 1. The maximum Gasteiger partial charge on any atom is 0.139 e. The molecule has 0 saturated heterocycles. The third-order valence-electron chi connectivity index (χ3n) is 2.39. The highest BCUT2D eigenvalue weighted by molar-refractivity contribution is 5.36. The lowest BCUT2D eigenvalue weighted by Crippen LogP contribution is -2.09. The minimum atomic E-state index is -0.171. The van der Waals surface area contributed by atoms with Crippen molar-refractivity contribution < 1.29 is 14.6 Å². The van der Waals surface area contributed by atoms with Crippen LogP contribution >= 0.6 is 0 Å². The fraction of sp³-hybridized carbons (Fsp3) is 0.188. The van der Waals surface area contributed by atoms with Crippen molar-refractivity contribution in [3.63, 3.8) is 0 Å². The Kier molecular flexibility index (Phi) is 5.44. The van der Waals surface area contributed by atoms with Gasteiger partial charge in [0.1, 0.15) is 31.3 Å². The van der Waals surface area contributed by atoms with Crippen LogP contribution in [-0.2, 0) is 0 Å². The van der Waals surface area contributed by atoms with Crippen molar-refractivity contribution in [2.45, 2.75) is 0 Å². The molecule has 1 heterocycles. The van der Waals surface area contributed by atoms with Crippen LogP contribution in [0.4, 0.5) is 0 Å². The minimum Gasteiger partial charge on any atom is -0.490 e. The van der Waals surface area contributed by atoms with Crippen molar-refractivity contribution in [2.75, 3.05) is 19.8 Å². The molecular formula is C16H15NO3. The summed E-state index contributed by atoms with van der Waals surface area (Å²) in [5, 5.41) is 8.64. The van der Waals surface area contributed by atoms with Gasteiger partial charge >= 0.3 is 0 Å². The Hall–Kier alpha value is -2.51. The lowest BCUT2D eigenvalue weighted by molar-refractivity contribution is 0.216. The molecular weight excluding hydrogens is 254 g/mol.